The molecule has 2 aromatic rings. The number of aromatic amines is 1. The number of hydrogen-bond donors (Lipinski definition) is 2. The maximum absolute atomic E-state index is 11.9. The van der Waals surface area contributed by atoms with Gasteiger partial charge in [0.2, 0.25) is 0 Å². The normalized spacial score (nSPS) is 10.4. The Morgan fingerprint density at radius 2 is 2.05 bits per heavy atom. The van der Waals surface area contributed by atoms with E-state index >= 15 is 0 Å². The quantitative estimate of drug-likeness (QED) is 0.836. The summed E-state index contributed by atoms with van der Waals surface area (Å²) in [5.41, 5.74) is 2.95. The minimum absolute atomic E-state index is 0.0526. The fourth-order valence-corrected chi connectivity index (χ4v) is 1.86. The Balaban J connectivity index is 1.88. The van der Waals surface area contributed by atoms with Crippen molar-refractivity contribution < 1.29 is 4.79 Å². The Bertz CT molecular complexity index is 503. The number of aromatic nitrogens is 2. The van der Waals surface area contributed by atoms with E-state index in [1.165, 1.54) is 18.4 Å². The van der Waals surface area contributed by atoms with Crippen molar-refractivity contribution in [1.29, 1.82) is 0 Å². The highest BCUT2D eigenvalue weighted by Crippen LogP contribution is 2.08. The molecule has 0 saturated heterocycles. The predicted octanol–water partition coefficient (Wildman–Crippen LogP) is 2.68. The molecule has 19 heavy (non-hydrogen) atoms. The summed E-state index contributed by atoms with van der Waals surface area (Å²) in [6, 6.07) is 7.83. The van der Waals surface area contributed by atoms with E-state index in [1.54, 1.807) is 12.4 Å². The van der Waals surface area contributed by atoms with Crippen LogP contribution in [0.4, 0.5) is 0 Å². The van der Waals surface area contributed by atoms with E-state index in [0.717, 1.165) is 12.0 Å². The van der Waals surface area contributed by atoms with E-state index in [9.17, 15) is 4.79 Å². The summed E-state index contributed by atoms with van der Waals surface area (Å²) >= 11 is 0. The molecular formula is C15H19N3O. The molecule has 0 unspecified atom stereocenters. The van der Waals surface area contributed by atoms with Gasteiger partial charge in [-0.1, -0.05) is 25.5 Å². The number of hydrogen-bond acceptors (Lipinski definition) is 2. The molecule has 2 N–H and O–H groups in total. The average Bonchev–Trinajstić information content (AvgIpc) is 2.96. The molecule has 0 aliphatic carbocycles. The largest absolute Gasteiger partial charge is 0.348 e. The van der Waals surface area contributed by atoms with Crippen molar-refractivity contribution in [2.45, 2.75) is 32.7 Å². The van der Waals surface area contributed by atoms with Gasteiger partial charge in [-0.2, -0.15) is 5.10 Å². The number of carbonyl (C=O) groups excluding carboxylic acids is 1. The zero-order chi connectivity index (χ0) is 13.5. The second kappa shape index (κ2) is 6.73. The highest BCUT2D eigenvalue weighted by Gasteiger charge is 2.05. The van der Waals surface area contributed by atoms with E-state index in [2.05, 4.69) is 22.4 Å². The molecule has 0 radical (unpaired) electrons. The number of amides is 1. The highest BCUT2D eigenvalue weighted by molar-refractivity contribution is 5.94. The Kier molecular flexibility index (Phi) is 4.72. The summed E-state index contributed by atoms with van der Waals surface area (Å²) < 4.78 is 0. The van der Waals surface area contributed by atoms with Crippen LogP contribution in [0.5, 0.6) is 0 Å². The Hall–Kier alpha value is -2.10. The molecule has 0 spiro atoms. The first-order valence-corrected chi connectivity index (χ1v) is 6.64. The van der Waals surface area contributed by atoms with Crippen LogP contribution in [0.25, 0.3) is 0 Å². The van der Waals surface area contributed by atoms with Gasteiger partial charge in [-0.3, -0.25) is 9.89 Å². The van der Waals surface area contributed by atoms with Crippen LogP contribution >= 0.6 is 0 Å². The van der Waals surface area contributed by atoms with Crippen molar-refractivity contribution in [1.82, 2.24) is 15.5 Å². The summed E-state index contributed by atoms with van der Waals surface area (Å²) in [7, 11) is 0. The lowest BCUT2D eigenvalue weighted by molar-refractivity contribution is 0.0951. The Morgan fingerprint density at radius 3 is 2.68 bits per heavy atom. The van der Waals surface area contributed by atoms with Crippen LogP contribution in [0.1, 0.15) is 41.3 Å². The van der Waals surface area contributed by atoms with Gasteiger partial charge in [-0.15, -0.1) is 0 Å². The molecule has 4 nitrogen and oxygen atoms in total. The molecule has 100 valence electrons. The van der Waals surface area contributed by atoms with Crippen LogP contribution in [-0.4, -0.2) is 16.1 Å². The highest BCUT2D eigenvalue weighted by atomic mass is 16.1. The van der Waals surface area contributed by atoms with Gasteiger partial charge in [0.05, 0.1) is 6.20 Å². The first kappa shape index (κ1) is 13.3. The lowest BCUT2D eigenvalue weighted by atomic mass is 10.1. The molecule has 4 heteroatoms. The predicted molar refractivity (Wildman–Crippen MR) is 74.8 cm³/mol. The number of nitrogens with zero attached hydrogens (tertiary/aromatic N) is 1. The Morgan fingerprint density at radius 1 is 1.26 bits per heavy atom. The molecule has 0 bridgehead atoms. The van der Waals surface area contributed by atoms with Crippen LogP contribution in [-0.2, 0) is 13.0 Å². The van der Waals surface area contributed by atoms with Crippen LogP contribution in [0, 0.1) is 0 Å². The molecule has 0 aliphatic rings. The summed E-state index contributed by atoms with van der Waals surface area (Å²) in [5.74, 6) is -0.0526. The Labute approximate surface area is 113 Å². The van der Waals surface area contributed by atoms with Gasteiger partial charge in [-0.05, 0) is 30.5 Å². The third kappa shape index (κ3) is 3.95. The van der Waals surface area contributed by atoms with Crippen molar-refractivity contribution in [3.05, 3.63) is 53.3 Å². The monoisotopic (exact) mass is 257 g/mol. The maximum atomic E-state index is 11.9. The lowest BCUT2D eigenvalue weighted by Crippen LogP contribution is -2.22. The van der Waals surface area contributed by atoms with E-state index in [-0.39, 0.29) is 5.91 Å². The summed E-state index contributed by atoms with van der Waals surface area (Å²) in [6.07, 6.45) is 6.93. The minimum atomic E-state index is -0.0526. The van der Waals surface area contributed by atoms with Crippen molar-refractivity contribution in [3.63, 3.8) is 0 Å². The van der Waals surface area contributed by atoms with Gasteiger partial charge in [0.25, 0.3) is 5.91 Å². The number of aryl methyl sites for hydroxylation is 1. The van der Waals surface area contributed by atoms with Gasteiger partial charge in [-0.25, -0.2) is 0 Å². The van der Waals surface area contributed by atoms with Crippen molar-refractivity contribution in [2.75, 3.05) is 0 Å². The van der Waals surface area contributed by atoms with Gasteiger partial charge >= 0.3 is 0 Å². The zero-order valence-electron chi connectivity index (χ0n) is 11.1. The molecule has 1 amide bonds. The van der Waals surface area contributed by atoms with Gasteiger partial charge in [0.1, 0.15) is 0 Å². The van der Waals surface area contributed by atoms with E-state index in [4.69, 9.17) is 0 Å². The SMILES string of the molecule is CCCCc1ccc(C(=O)NCc2cn[nH]c2)cc1. The van der Waals surface area contributed by atoms with Crippen LogP contribution < -0.4 is 5.32 Å². The lowest BCUT2D eigenvalue weighted by Gasteiger charge is -2.05. The third-order valence-electron chi connectivity index (χ3n) is 3.04. The third-order valence-corrected chi connectivity index (χ3v) is 3.04. The second-order valence-electron chi connectivity index (χ2n) is 4.59. The summed E-state index contributed by atoms with van der Waals surface area (Å²) in [4.78, 5) is 11.9. The molecule has 2 rings (SSSR count). The van der Waals surface area contributed by atoms with Crippen molar-refractivity contribution in [3.8, 4) is 0 Å². The number of benzene rings is 1. The number of H-pyrrole nitrogens is 1. The molecular weight excluding hydrogens is 238 g/mol. The topological polar surface area (TPSA) is 57.8 Å². The smallest absolute Gasteiger partial charge is 0.251 e. The van der Waals surface area contributed by atoms with E-state index in [1.807, 2.05) is 24.3 Å². The van der Waals surface area contributed by atoms with Crippen LogP contribution in [0.15, 0.2) is 36.7 Å². The maximum Gasteiger partial charge on any atom is 0.251 e. The second-order valence-corrected chi connectivity index (χ2v) is 4.59. The standard InChI is InChI=1S/C15H19N3O/c1-2-3-4-12-5-7-14(8-6-12)15(19)16-9-13-10-17-18-11-13/h5-8,10-11H,2-4,9H2,1H3,(H,16,19)(H,17,18). The molecule has 0 fully saturated rings. The van der Waals surface area contributed by atoms with Gasteiger partial charge in [0.15, 0.2) is 0 Å². The average molecular weight is 257 g/mol. The molecule has 1 heterocycles. The van der Waals surface area contributed by atoms with Gasteiger partial charge < -0.3 is 5.32 Å². The molecule has 1 aromatic carbocycles. The number of nitrogens with one attached hydrogen (secondary N) is 2. The fraction of sp³-hybridized carbons (Fsp3) is 0.333. The molecule has 1 aromatic heterocycles. The summed E-state index contributed by atoms with van der Waals surface area (Å²) in [6.45, 7) is 2.67. The van der Waals surface area contributed by atoms with Crippen LogP contribution in [0.3, 0.4) is 0 Å². The van der Waals surface area contributed by atoms with E-state index < -0.39 is 0 Å². The first-order valence-electron chi connectivity index (χ1n) is 6.64. The van der Waals surface area contributed by atoms with Crippen LogP contribution in [0.2, 0.25) is 0 Å². The first-order chi connectivity index (χ1) is 9.29. The van der Waals surface area contributed by atoms with E-state index in [0.29, 0.717) is 12.1 Å². The number of carbonyl (C=O) groups is 1. The number of unbranched alkanes of at least 4 members (excludes halogenated alkanes) is 1. The van der Waals surface area contributed by atoms with Crippen molar-refractivity contribution >= 4 is 5.91 Å². The molecule has 0 aliphatic heterocycles. The number of rotatable bonds is 6. The molecule has 0 atom stereocenters. The fourth-order valence-electron chi connectivity index (χ4n) is 1.86. The minimum Gasteiger partial charge on any atom is -0.348 e. The zero-order valence-corrected chi connectivity index (χ0v) is 11.1. The summed E-state index contributed by atoms with van der Waals surface area (Å²) in [5, 5.41) is 9.42. The van der Waals surface area contributed by atoms with Crippen molar-refractivity contribution in [2.24, 2.45) is 0 Å². The molecule has 0 saturated carbocycles. The van der Waals surface area contributed by atoms with Gasteiger partial charge in [0, 0.05) is 23.9 Å².